The first-order chi connectivity index (χ1) is 14.5. The Morgan fingerprint density at radius 1 is 1.17 bits per heavy atom. The summed E-state index contributed by atoms with van der Waals surface area (Å²) in [4.78, 5) is 28.1. The number of anilines is 1. The molecule has 0 unspecified atom stereocenters. The zero-order chi connectivity index (χ0) is 21.1. The number of furan rings is 1. The van der Waals surface area contributed by atoms with E-state index in [1.165, 1.54) is 24.3 Å². The third-order valence-electron chi connectivity index (χ3n) is 4.41. The second-order valence-electron chi connectivity index (χ2n) is 6.58. The largest absolute Gasteiger partial charge is 0.467 e. The van der Waals surface area contributed by atoms with Crippen molar-refractivity contribution in [3.8, 4) is 11.4 Å². The molecule has 9 nitrogen and oxygen atoms in total. The summed E-state index contributed by atoms with van der Waals surface area (Å²) in [5.41, 5.74) is 1.78. The first-order valence-corrected chi connectivity index (χ1v) is 9.11. The Hall–Kier alpha value is -4.27. The van der Waals surface area contributed by atoms with E-state index in [-0.39, 0.29) is 17.2 Å². The van der Waals surface area contributed by atoms with Crippen LogP contribution in [0.2, 0.25) is 0 Å². The predicted octanol–water partition coefficient (Wildman–Crippen LogP) is 4.06. The van der Waals surface area contributed by atoms with Gasteiger partial charge >= 0.3 is 0 Å². The summed E-state index contributed by atoms with van der Waals surface area (Å²) in [6, 6.07) is 16.6. The van der Waals surface area contributed by atoms with Crippen molar-refractivity contribution < 1.29 is 14.1 Å². The molecular formula is C21H17N5O4. The summed E-state index contributed by atoms with van der Waals surface area (Å²) in [5.74, 6) is 0.685. The third kappa shape index (κ3) is 3.95. The van der Waals surface area contributed by atoms with Gasteiger partial charge in [-0.15, -0.1) is 5.10 Å². The van der Waals surface area contributed by atoms with Crippen LogP contribution in [0, 0.1) is 17.0 Å². The van der Waals surface area contributed by atoms with Crippen LogP contribution >= 0.6 is 0 Å². The van der Waals surface area contributed by atoms with Crippen LogP contribution in [0.5, 0.6) is 0 Å². The molecule has 0 radical (unpaired) electrons. The molecule has 0 aliphatic rings. The number of aromatic nitrogens is 3. The summed E-state index contributed by atoms with van der Waals surface area (Å²) in [6.07, 6.45) is 1.55. The quantitative estimate of drug-likeness (QED) is 0.381. The maximum atomic E-state index is 13.1. The number of non-ortho nitro benzene ring substituents is 1. The van der Waals surface area contributed by atoms with Crippen LogP contribution < -0.4 is 5.32 Å². The Morgan fingerprint density at radius 3 is 2.67 bits per heavy atom. The minimum Gasteiger partial charge on any atom is -0.467 e. The van der Waals surface area contributed by atoms with Gasteiger partial charge in [0.25, 0.3) is 11.6 Å². The van der Waals surface area contributed by atoms with Gasteiger partial charge in [-0.1, -0.05) is 35.9 Å². The number of rotatable bonds is 6. The second kappa shape index (κ2) is 8.00. The fourth-order valence-electron chi connectivity index (χ4n) is 2.85. The van der Waals surface area contributed by atoms with E-state index in [0.29, 0.717) is 18.1 Å². The maximum absolute atomic E-state index is 13.1. The lowest BCUT2D eigenvalue weighted by Crippen LogP contribution is -2.17. The van der Waals surface area contributed by atoms with Crippen LogP contribution in [0.4, 0.5) is 11.6 Å². The van der Waals surface area contributed by atoms with Crippen molar-refractivity contribution in [2.24, 2.45) is 0 Å². The topological polar surface area (TPSA) is 116 Å². The van der Waals surface area contributed by atoms with Gasteiger partial charge in [-0.2, -0.15) is 9.67 Å². The van der Waals surface area contributed by atoms with Crippen LogP contribution in [0.3, 0.4) is 0 Å². The molecule has 0 atom stereocenters. The summed E-state index contributed by atoms with van der Waals surface area (Å²) < 4.78 is 6.42. The molecule has 2 aromatic heterocycles. The molecule has 0 saturated carbocycles. The van der Waals surface area contributed by atoms with E-state index >= 15 is 0 Å². The number of carbonyl (C=O) groups excluding carboxylic acids is 1. The molecule has 0 spiro atoms. The average Bonchev–Trinajstić information content (AvgIpc) is 3.42. The number of nitrogens with one attached hydrogen (secondary N) is 1. The summed E-state index contributed by atoms with van der Waals surface area (Å²) in [5, 5.41) is 18.5. The Kier molecular flexibility index (Phi) is 5.08. The molecule has 4 aromatic rings. The van der Waals surface area contributed by atoms with E-state index in [1.807, 2.05) is 31.2 Å². The first-order valence-electron chi connectivity index (χ1n) is 9.11. The maximum Gasteiger partial charge on any atom is 0.281 e. The van der Waals surface area contributed by atoms with Crippen molar-refractivity contribution in [1.82, 2.24) is 14.8 Å². The zero-order valence-electron chi connectivity index (χ0n) is 16.0. The highest BCUT2D eigenvalue weighted by atomic mass is 16.6. The molecule has 0 bridgehead atoms. The monoisotopic (exact) mass is 403 g/mol. The third-order valence-corrected chi connectivity index (χ3v) is 4.41. The van der Waals surface area contributed by atoms with Gasteiger partial charge in [0.15, 0.2) is 5.82 Å². The smallest absolute Gasteiger partial charge is 0.281 e. The summed E-state index contributed by atoms with van der Waals surface area (Å²) in [7, 11) is 0. The van der Waals surface area contributed by atoms with Gasteiger partial charge in [0.2, 0.25) is 5.95 Å². The molecule has 0 fully saturated rings. The summed E-state index contributed by atoms with van der Waals surface area (Å²) >= 11 is 0. The van der Waals surface area contributed by atoms with Crippen molar-refractivity contribution in [2.45, 2.75) is 13.5 Å². The second-order valence-corrected chi connectivity index (χ2v) is 6.58. The molecule has 9 heteroatoms. The van der Waals surface area contributed by atoms with E-state index in [0.717, 1.165) is 15.8 Å². The molecule has 2 aromatic carbocycles. The molecule has 0 amide bonds. The molecule has 0 aliphatic carbocycles. The number of nitro groups is 1. The lowest BCUT2D eigenvalue weighted by atomic mass is 10.1. The molecular weight excluding hydrogens is 386 g/mol. The van der Waals surface area contributed by atoms with E-state index in [4.69, 9.17) is 4.42 Å². The summed E-state index contributed by atoms with van der Waals surface area (Å²) in [6.45, 7) is 2.26. The van der Waals surface area contributed by atoms with Crippen molar-refractivity contribution >= 4 is 17.5 Å². The van der Waals surface area contributed by atoms with E-state index in [2.05, 4.69) is 15.4 Å². The number of aryl methyl sites for hydroxylation is 1. The molecule has 150 valence electrons. The van der Waals surface area contributed by atoms with E-state index in [1.54, 1.807) is 18.4 Å². The first kappa shape index (κ1) is 19.1. The number of hydrogen-bond acceptors (Lipinski definition) is 7. The minimum atomic E-state index is -0.550. The zero-order valence-corrected chi connectivity index (χ0v) is 16.0. The van der Waals surface area contributed by atoms with Crippen LogP contribution in [0.1, 0.15) is 21.7 Å². The number of hydrogen-bond donors (Lipinski definition) is 1. The van der Waals surface area contributed by atoms with Gasteiger partial charge in [0.1, 0.15) is 5.76 Å². The van der Waals surface area contributed by atoms with E-state index in [9.17, 15) is 14.9 Å². The van der Waals surface area contributed by atoms with Crippen LogP contribution in [0.25, 0.3) is 11.4 Å². The van der Waals surface area contributed by atoms with Gasteiger partial charge in [0, 0.05) is 23.3 Å². The number of nitrogens with zero attached hydrogens (tertiary/aromatic N) is 4. The highest BCUT2D eigenvalue weighted by Gasteiger charge is 2.20. The highest BCUT2D eigenvalue weighted by Crippen LogP contribution is 2.21. The Balaban J connectivity index is 1.72. The minimum absolute atomic E-state index is 0.130. The van der Waals surface area contributed by atoms with Crippen molar-refractivity contribution in [3.05, 3.63) is 93.9 Å². The van der Waals surface area contributed by atoms with Crippen LogP contribution in [-0.4, -0.2) is 25.6 Å². The molecule has 4 rings (SSSR count). The number of carbonyl (C=O) groups is 1. The number of benzene rings is 2. The van der Waals surface area contributed by atoms with Crippen molar-refractivity contribution in [3.63, 3.8) is 0 Å². The van der Waals surface area contributed by atoms with Crippen molar-refractivity contribution in [2.75, 3.05) is 5.32 Å². The number of nitro benzene ring substituents is 1. The van der Waals surface area contributed by atoms with Gasteiger partial charge in [-0.25, -0.2) is 0 Å². The molecule has 2 heterocycles. The fraction of sp³-hybridized carbons (Fsp3) is 0.0952. The lowest BCUT2D eigenvalue weighted by Gasteiger charge is -2.06. The Bertz CT molecular complexity index is 1200. The average molecular weight is 403 g/mol. The lowest BCUT2D eigenvalue weighted by molar-refractivity contribution is -0.384. The Morgan fingerprint density at radius 2 is 1.97 bits per heavy atom. The van der Waals surface area contributed by atoms with Crippen molar-refractivity contribution in [1.29, 1.82) is 0 Å². The van der Waals surface area contributed by atoms with Gasteiger partial charge < -0.3 is 9.73 Å². The van der Waals surface area contributed by atoms with Crippen LogP contribution in [0.15, 0.2) is 71.3 Å². The Labute approximate surface area is 171 Å². The normalized spacial score (nSPS) is 10.7. The SMILES string of the molecule is Cc1ccc(-c2nc(NCc3ccco3)n(C(=O)c3cccc([N+](=O)[O-])c3)n2)cc1. The standard InChI is InChI=1S/C21H17N5O4/c1-14-7-9-15(10-8-14)19-23-21(22-13-18-6-3-11-30-18)25(24-19)20(27)16-4-2-5-17(12-16)26(28)29/h2-12H,13H2,1H3,(H,22,23,24). The van der Waals surface area contributed by atoms with Gasteiger partial charge in [-0.3, -0.25) is 14.9 Å². The molecule has 0 aliphatic heterocycles. The molecule has 0 saturated heterocycles. The fourth-order valence-corrected chi connectivity index (χ4v) is 2.85. The van der Waals surface area contributed by atoms with Gasteiger partial charge in [0.05, 0.1) is 17.7 Å². The van der Waals surface area contributed by atoms with Gasteiger partial charge in [-0.05, 0) is 25.1 Å². The van der Waals surface area contributed by atoms with E-state index < -0.39 is 10.8 Å². The highest BCUT2D eigenvalue weighted by molar-refractivity contribution is 5.97. The molecule has 30 heavy (non-hydrogen) atoms. The van der Waals surface area contributed by atoms with Crippen LogP contribution in [-0.2, 0) is 6.54 Å². The predicted molar refractivity (Wildman–Crippen MR) is 109 cm³/mol. The molecule has 1 N–H and O–H groups in total.